The molecule has 2 N–H and O–H groups in total. The number of nitrogens with one attached hydrogen (secondary N) is 2. The fourth-order valence-electron chi connectivity index (χ4n) is 1.48. The lowest BCUT2D eigenvalue weighted by molar-refractivity contribution is -0.120. The molecular weight excluding hydrogens is 240 g/mol. The van der Waals surface area contributed by atoms with Crippen molar-refractivity contribution in [1.82, 2.24) is 15.5 Å². The molecule has 0 aliphatic rings. The number of H-pyrrole nitrogens is 1. The van der Waals surface area contributed by atoms with Crippen LogP contribution in [0, 0.1) is 11.6 Å². The van der Waals surface area contributed by atoms with E-state index >= 15 is 0 Å². The minimum absolute atomic E-state index is 0.121. The molecule has 0 saturated heterocycles. The fourth-order valence-corrected chi connectivity index (χ4v) is 1.48. The molecule has 1 heterocycles. The number of nitrogens with zero attached hydrogens (tertiary/aromatic N) is 1. The van der Waals surface area contributed by atoms with Gasteiger partial charge in [-0.25, -0.2) is 8.78 Å². The highest BCUT2D eigenvalue weighted by Gasteiger charge is 2.09. The van der Waals surface area contributed by atoms with Crippen LogP contribution in [0.25, 0.3) is 0 Å². The number of hydrogen-bond acceptors (Lipinski definition) is 2. The molecule has 0 radical (unpaired) electrons. The van der Waals surface area contributed by atoms with Crippen molar-refractivity contribution in [3.8, 4) is 0 Å². The van der Waals surface area contributed by atoms with E-state index < -0.39 is 11.6 Å². The Hall–Kier alpha value is -2.24. The predicted octanol–water partition coefficient (Wildman–Crippen LogP) is 1.55. The summed E-state index contributed by atoms with van der Waals surface area (Å²) < 4.78 is 26.0. The normalized spacial score (nSPS) is 10.3. The number of hydrogen-bond donors (Lipinski definition) is 2. The van der Waals surface area contributed by atoms with Crippen LogP contribution < -0.4 is 5.32 Å². The Morgan fingerprint density at radius 2 is 2.22 bits per heavy atom. The van der Waals surface area contributed by atoms with Gasteiger partial charge in [0.1, 0.15) is 11.6 Å². The Balaban J connectivity index is 1.91. The first-order chi connectivity index (χ1) is 8.65. The predicted molar refractivity (Wildman–Crippen MR) is 60.5 cm³/mol. The SMILES string of the molecule is O=C(Cc1ccc(F)cc1F)NCc1cn[nH]c1. The number of aromatic amines is 1. The standard InChI is InChI=1S/C12H11F2N3O/c13-10-2-1-9(11(14)4-10)3-12(18)15-5-8-6-16-17-7-8/h1-2,4,6-7H,3,5H2,(H,15,18)(H,16,17). The Bertz CT molecular complexity index is 540. The maximum absolute atomic E-state index is 13.3. The lowest BCUT2D eigenvalue weighted by atomic mass is 10.1. The Labute approximate surface area is 102 Å². The van der Waals surface area contributed by atoms with E-state index in [1.807, 2.05) is 0 Å². The molecule has 1 amide bonds. The summed E-state index contributed by atoms with van der Waals surface area (Å²) >= 11 is 0. The molecule has 1 aromatic carbocycles. The zero-order valence-electron chi connectivity index (χ0n) is 9.41. The van der Waals surface area contributed by atoms with Crippen LogP contribution in [0.4, 0.5) is 8.78 Å². The summed E-state index contributed by atoms with van der Waals surface area (Å²) in [5.41, 5.74) is 0.990. The molecule has 0 spiro atoms. The average molecular weight is 251 g/mol. The van der Waals surface area contributed by atoms with Crippen molar-refractivity contribution in [1.29, 1.82) is 0 Å². The zero-order chi connectivity index (χ0) is 13.0. The summed E-state index contributed by atoms with van der Waals surface area (Å²) in [7, 11) is 0. The number of halogens is 2. The minimum atomic E-state index is -0.714. The summed E-state index contributed by atoms with van der Waals surface area (Å²) in [6, 6.07) is 3.16. The first-order valence-corrected chi connectivity index (χ1v) is 5.33. The maximum Gasteiger partial charge on any atom is 0.224 e. The van der Waals surface area contributed by atoms with Gasteiger partial charge in [0.25, 0.3) is 0 Å². The minimum Gasteiger partial charge on any atom is -0.352 e. The molecule has 0 aliphatic carbocycles. The van der Waals surface area contributed by atoms with Crippen molar-refractivity contribution in [3.05, 3.63) is 53.4 Å². The summed E-state index contributed by atoms with van der Waals surface area (Å²) in [6.07, 6.45) is 3.11. The van der Waals surface area contributed by atoms with Crippen molar-refractivity contribution in [2.45, 2.75) is 13.0 Å². The second-order valence-electron chi connectivity index (χ2n) is 3.80. The first-order valence-electron chi connectivity index (χ1n) is 5.33. The van der Waals surface area contributed by atoms with Crippen molar-refractivity contribution < 1.29 is 13.6 Å². The summed E-state index contributed by atoms with van der Waals surface area (Å²) in [5, 5.41) is 8.96. The highest BCUT2D eigenvalue weighted by Crippen LogP contribution is 2.10. The largest absolute Gasteiger partial charge is 0.352 e. The zero-order valence-corrected chi connectivity index (χ0v) is 9.41. The van der Waals surface area contributed by atoms with E-state index in [0.29, 0.717) is 6.54 Å². The lowest BCUT2D eigenvalue weighted by Crippen LogP contribution is -2.24. The van der Waals surface area contributed by atoms with Crippen LogP contribution in [0.15, 0.2) is 30.6 Å². The second-order valence-corrected chi connectivity index (χ2v) is 3.80. The van der Waals surface area contributed by atoms with Gasteiger partial charge in [0.05, 0.1) is 12.6 Å². The lowest BCUT2D eigenvalue weighted by Gasteiger charge is -2.04. The van der Waals surface area contributed by atoms with E-state index in [1.54, 1.807) is 12.4 Å². The molecule has 94 valence electrons. The molecule has 0 fully saturated rings. The number of carbonyl (C=O) groups excluding carboxylic acids is 1. The van der Waals surface area contributed by atoms with Crippen LogP contribution in [0.1, 0.15) is 11.1 Å². The molecule has 0 saturated carbocycles. The molecule has 0 bridgehead atoms. The van der Waals surface area contributed by atoms with Crippen LogP contribution in [-0.2, 0) is 17.8 Å². The van der Waals surface area contributed by atoms with Crippen LogP contribution >= 0.6 is 0 Å². The number of benzene rings is 1. The Kier molecular flexibility index (Phi) is 3.66. The average Bonchev–Trinajstić information content (AvgIpc) is 2.83. The molecule has 0 aliphatic heterocycles. The molecular formula is C12H11F2N3O. The van der Waals surface area contributed by atoms with Gasteiger partial charge in [-0.2, -0.15) is 5.10 Å². The smallest absolute Gasteiger partial charge is 0.224 e. The molecule has 6 heteroatoms. The van der Waals surface area contributed by atoms with E-state index in [2.05, 4.69) is 15.5 Å². The van der Waals surface area contributed by atoms with Gasteiger partial charge in [0.15, 0.2) is 0 Å². The number of amides is 1. The third-order valence-electron chi connectivity index (χ3n) is 2.41. The van der Waals surface area contributed by atoms with E-state index in [9.17, 15) is 13.6 Å². The van der Waals surface area contributed by atoms with E-state index in [0.717, 1.165) is 17.7 Å². The fraction of sp³-hybridized carbons (Fsp3) is 0.167. The molecule has 0 atom stereocenters. The van der Waals surface area contributed by atoms with Crippen molar-refractivity contribution >= 4 is 5.91 Å². The van der Waals surface area contributed by atoms with Gasteiger partial charge in [-0.1, -0.05) is 6.07 Å². The van der Waals surface area contributed by atoms with Crippen molar-refractivity contribution in [3.63, 3.8) is 0 Å². The van der Waals surface area contributed by atoms with Gasteiger partial charge < -0.3 is 5.32 Å². The number of aromatic nitrogens is 2. The van der Waals surface area contributed by atoms with Gasteiger partial charge in [0, 0.05) is 24.4 Å². The summed E-state index contributed by atoms with van der Waals surface area (Å²) in [6.45, 7) is 0.318. The Morgan fingerprint density at radius 3 is 2.89 bits per heavy atom. The molecule has 2 aromatic rings. The third-order valence-corrected chi connectivity index (χ3v) is 2.41. The monoisotopic (exact) mass is 251 g/mol. The summed E-state index contributed by atoms with van der Waals surface area (Å²) in [5.74, 6) is -1.70. The van der Waals surface area contributed by atoms with Crippen molar-refractivity contribution in [2.24, 2.45) is 0 Å². The molecule has 18 heavy (non-hydrogen) atoms. The van der Waals surface area contributed by atoms with Gasteiger partial charge in [-0.05, 0) is 11.6 Å². The number of rotatable bonds is 4. The van der Waals surface area contributed by atoms with E-state index in [4.69, 9.17) is 0 Å². The van der Waals surface area contributed by atoms with Gasteiger partial charge in [0.2, 0.25) is 5.91 Å². The molecule has 0 unspecified atom stereocenters. The Morgan fingerprint density at radius 1 is 1.39 bits per heavy atom. The third kappa shape index (κ3) is 3.13. The van der Waals surface area contributed by atoms with E-state index in [-0.39, 0.29) is 17.9 Å². The van der Waals surface area contributed by atoms with Crippen LogP contribution in [0.2, 0.25) is 0 Å². The van der Waals surface area contributed by atoms with Crippen LogP contribution in [0.3, 0.4) is 0 Å². The van der Waals surface area contributed by atoms with Crippen LogP contribution in [-0.4, -0.2) is 16.1 Å². The van der Waals surface area contributed by atoms with Crippen molar-refractivity contribution in [2.75, 3.05) is 0 Å². The number of carbonyl (C=O) groups is 1. The molecule has 2 rings (SSSR count). The summed E-state index contributed by atoms with van der Waals surface area (Å²) in [4.78, 5) is 11.5. The highest BCUT2D eigenvalue weighted by molar-refractivity contribution is 5.78. The maximum atomic E-state index is 13.3. The topological polar surface area (TPSA) is 57.8 Å². The molecule has 4 nitrogen and oxygen atoms in total. The van der Waals surface area contributed by atoms with Crippen LogP contribution in [0.5, 0.6) is 0 Å². The second kappa shape index (κ2) is 5.39. The quantitative estimate of drug-likeness (QED) is 0.866. The highest BCUT2D eigenvalue weighted by atomic mass is 19.1. The van der Waals surface area contributed by atoms with Gasteiger partial charge >= 0.3 is 0 Å². The molecule has 1 aromatic heterocycles. The first kappa shape index (κ1) is 12.2. The van der Waals surface area contributed by atoms with E-state index in [1.165, 1.54) is 6.07 Å². The van der Waals surface area contributed by atoms with Gasteiger partial charge in [-0.3, -0.25) is 9.89 Å². The van der Waals surface area contributed by atoms with Gasteiger partial charge in [-0.15, -0.1) is 0 Å².